The van der Waals surface area contributed by atoms with Crippen LogP contribution in [0.15, 0.2) is 18.2 Å². The second-order valence-electron chi connectivity index (χ2n) is 5.20. The van der Waals surface area contributed by atoms with Gasteiger partial charge in [0.25, 0.3) is 0 Å². The average molecular weight is 315 g/mol. The first kappa shape index (κ1) is 15.6. The molecule has 1 aliphatic heterocycles. The van der Waals surface area contributed by atoms with E-state index in [1.165, 1.54) is 0 Å². The fourth-order valence-electron chi connectivity index (χ4n) is 2.51. The molecule has 0 saturated carbocycles. The van der Waals surface area contributed by atoms with Crippen molar-refractivity contribution in [3.8, 4) is 0 Å². The first-order chi connectivity index (χ1) is 9.58. The minimum Gasteiger partial charge on any atom is -0.353 e. The Morgan fingerprint density at radius 1 is 1.30 bits per heavy atom. The summed E-state index contributed by atoms with van der Waals surface area (Å²) in [6.07, 6.45) is 2.41. The van der Waals surface area contributed by atoms with Crippen molar-refractivity contribution in [2.75, 3.05) is 19.6 Å². The highest BCUT2D eigenvalue weighted by Gasteiger charge is 2.19. The van der Waals surface area contributed by atoms with Crippen molar-refractivity contribution >= 4 is 29.1 Å². The molecule has 110 valence electrons. The molecule has 1 heterocycles. The van der Waals surface area contributed by atoms with E-state index in [-0.39, 0.29) is 5.91 Å². The first-order valence-corrected chi connectivity index (χ1v) is 7.79. The summed E-state index contributed by atoms with van der Waals surface area (Å²) >= 11 is 11.8. The van der Waals surface area contributed by atoms with Gasteiger partial charge in [0.2, 0.25) is 5.91 Å². The zero-order chi connectivity index (χ0) is 14.5. The number of nitrogens with zero attached hydrogens (tertiary/aromatic N) is 1. The third kappa shape index (κ3) is 4.37. The lowest BCUT2D eigenvalue weighted by molar-refractivity contribution is -0.121. The smallest absolute Gasteiger partial charge is 0.224 e. The Kier molecular flexibility index (Phi) is 5.70. The largest absolute Gasteiger partial charge is 0.353 e. The SMILES string of the molecule is CCN1CCC(NC(=O)Cc2ccc(Cl)c(Cl)c2)CC1. The van der Waals surface area contributed by atoms with Gasteiger partial charge in [0.15, 0.2) is 0 Å². The van der Waals surface area contributed by atoms with E-state index >= 15 is 0 Å². The topological polar surface area (TPSA) is 32.3 Å². The molecule has 1 N–H and O–H groups in total. The number of benzene rings is 1. The predicted octanol–water partition coefficient (Wildman–Crippen LogP) is 3.14. The van der Waals surface area contributed by atoms with Crippen LogP contribution in [-0.2, 0) is 11.2 Å². The maximum atomic E-state index is 12.0. The van der Waals surface area contributed by atoms with Crippen LogP contribution in [0, 0.1) is 0 Å². The van der Waals surface area contributed by atoms with Gasteiger partial charge in [0, 0.05) is 19.1 Å². The Hall–Kier alpha value is -0.770. The minimum atomic E-state index is 0.0540. The van der Waals surface area contributed by atoms with Crippen LogP contribution in [0.3, 0.4) is 0 Å². The molecule has 20 heavy (non-hydrogen) atoms. The molecule has 0 radical (unpaired) electrons. The maximum Gasteiger partial charge on any atom is 0.224 e. The first-order valence-electron chi connectivity index (χ1n) is 7.04. The van der Waals surface area contributed by atoms with Gasteiger partial charge < -0.3 is 10.2 Å². The molecular weight excluding hydrogens is 295 g/mol. The summed E-state index contributed by atoms with van der Waals surface area (Å²) < 4.78 is 0. The number of carbonyl (C=O) groups excluding carboxylic acids is 1. The number of piperidine rings is 1. The zero-order valence-corrected chi connectivity index (χ0v) is 13.2. The molecule has 1 aliphatic rings. The van der Waals surface area contributed by atoms with Crippen LogP contribution < -0.4 is 5.32 Å². The summed E-state index contributed by atoms with van der Waals surface area (Å²) in [6, 6.07) is 5.62. The molecule has 1 aromatic carbocycles. The second-order valence-corrected chi connectivity index (χ2v) is 6.02. The molecule has 5 heteroatoms. The van der Waals surface area contributed by atoms with Crippen molar-refractivity contribution in [3.05, 3.63) is 33.8 Å². The number of hydrogen-bond donors (Lipinski definition) is 1. The molecule has 0 aliphatic carbocycles. The Morgan fingerprint density at radius 2 is 2.00 bits per heavy atom. The van der Waals surface area contributed by atoms with Gasteiger partial charge in [0.05, 0.1) is 16.5 Å². The number of likely N-dealkylation sites (tertiary alicyclic amines) is 1. The molecule has 1 saturated heterocycles. The van der Waals surface area contributed by atoms with Gasteiger partial charge in [-0.15, -0.1) is 0 Å². The molecule has 0 spiro atoms. The van der Waals surface area contributed by atoms with Crippen molar-refractivity contribution in [1.29, 1.82) is 0 Å². The van der Waals surface area contributed by atoms with E-state index < -0.39 is 0 Å². The molecule has 3 nitrogen and oxygen atoms in total. The lowest BCUT2D eigenvalue weighted by atomic mass is 10.0. The number of carbonyl (C=O) groups is 1. The molecule has 0 bridgehead atoms. The third-order valence-corrected chi connectivity index (χ3v) is 4.49. The van der Waals surface area contributed by atoms with E-state index in [0.29, 0.717) is 22.5 Å². The maximum absolute atomic E-state index is 12.0. The molecule has 1 aromatic rings. The number of hydrogen-bond acceptors (Lipinski definition) is 2. The Morgan fingerprint density at radius 3 is 2.60 bits per heavy atom. The lowest BCUT2D eigenvalue weighted by Gasteiger charge is -2.31. The average Bonchev–Trinajstić information content (AvgIpc) is 2.44. The second kappa shape index (κ2) is 7.30. The van der Waals surface area contributed by atoms with Gasteiger partial charge in [-0.2, -0.15) is 0 Å². The van der Waals surface area contributed by atoms with E-state index in [9.17, 15) is 4.79 Å². The van der Waals surface area contributed by atoms with E-state index in [1.807, 2.05) is 6.07 Å². The van der Waals surface area contributed by atoms with Crippen molar-refractivity contribution in [2.45, 2.75) is 32.2 Å². The van der Waals surface area contributed by atoms with E-state index in [0.717, 1.165) is 38.0 Å². The normalized spacial score (nSPS) is 17.1. The van der Waals surface area contributed by atoms with E-state index in [1.54, 1.807) is 12.1 Å². The summed E-state index contributed by atoms with van der Waals surface area (Å²) in [5.74, 6) is 0.0540. The summed E-state index contributed by atoms with van der Waals surface area (Å²) in [5.41, 5.74) is 0.892. The van der Waals surface area contributed by atoms with Gasteiger partial charge in [-0.05, 0) is 37.1 Å². The summed E-state index contributed by atoms with van der Waals surface area (Å²) in [5, 5.41) is 4.11. The standard InChI is InChI=1S/C15H20Cl2N2O/c1-2-19-7-5-12(6-8-19)18-15(20)10-11-3-4-13(16)14(17)9-11/h3-4,9,12H,2,5-8,10H2,1H3,(H,18,20). The number of halogens is 2. The summed E-state index contributed by atoms with van der Waals surface area (Å²) in [6.45, 7) is 5.38. The molecule has 1 fully saturated rings. The Labute approximate surface area is 130 Å². The quantitative estimate of drug-likeness (QED) is 0.926. The van der Waals surface area contributed by atoms with E-state index in [4.69, 9.17) is 23.2 Å². The highest BCUT2D eigenvalue weighted by atomic mass is 35.5. The van der Waals surface area contributed by atoms with Gasteiger partial charge in [-0.25, -0.2) is 0 Å². The zero-order valence-electron chi connectivity index (χ0n) is 11.7. The Balaban J connectivity index is 1.82. The van der Waals surface area contributed by atoms with Crippen LogP contribution in [0.5, 0.6) is 0 Å². The van der Waals surface area contributed by atoms with Crippen LogP contribution in [0.25, 0.3) is 0 Å². The minimum absolute atomic E-state index is 0.0540. The molecule has 0 aromatic heterocycles. The van der Waals surface area contributed by atoms with Crippen LogP contribution in [0.2, 0.25) is 10.0 Å². The number of rotatable bonds is 4. The lowest BCUT2D eigenvalue weighted by Crippen LogP contribution is -2.44. The Bertz CT molecular complexity index is 471. The van der Waals surface area contributed by atoms with Gasteiger partial charge in [0.1, 0.15) is 0 Å². The fourth-order valence-corrected chi connectivity index (χ4v) is 2.83. The summed E-state index contributed by atoms with van der Waals surface area (Å²) in [4.78, 5) is 14.4. The van der Waals surface area contributed by atoms with Crippen molar-refractivity contribution in [2.24, 2.45) is 0 Å². The van der Waals surface area contributed by atoms with Crippen LogP contribution in [0.1, 0.15) is 25.3 Å². The van der Waals surface area contributed by atoms with Crippen molar-refractivity contribution in [1.82, 2.24) is 10.2 Å². The molecule has 1 amide bonds. The number of nitrogens with one attached hydrogen (secondary N) is 1. The van der Waals surface area contributed by atoms with Gasteiger partial charge in [-0.3, -0.25) is 4.79 Å². The molecule has 2 rings (SSSR count). The third-order valence-electron chi connectivity index (χ3n) is 3.75. The summed E-state index contributed by atoms with van der Waals surface area (Å²) in [7, 11) is 0. The molecular formula is C15H20Cl2N2O. The monoisotopic (exact) mass is 314 g/mol. The van der Waals surface area contributed by atoms with Crippen molar-refractivity contribution in [3.63, 3.8) is 0 Å². The van der Waals surface area contributed by atoms with Gasteiger partial charge in [-0.1, -0.05) is 36.2 Å². The van der Waals surface area contributed by atoms with Crippen LogP contribution in [-0.4, -0.2) is 36.5 Å². The van der Waals surface area contributed by atoms with E-state index in [2.05, 4.69) is 17.1 Å². The van der Waals surface area contributed by atoms with Crippen molar-refractivity contribution < 1.29 is 4.79 Å². The van der Waals surface area contributed by atoms with Crippen LogP contribution in [0.4, 0.5) is 0 Å². The molecule has 0 unspecified atom stereocenters. The predicted molar refractivity (Wildman–Crippen MR) is 83.4 cm³/mol. The fraction of sp³-hybridized carbons (Fsp3) is 0.533. The molecule has 0 atom stereocenters. The highest BCUT2D eigenvalue weighted by molar-refractivity contribution is 6.42. The highest BCUT2D eigenvalue weighted by Crippen LogP contribution is 2.22. The van der Waals surface area contributed by atoms with Gasteiger partial charge >= 0.3 is 0 Å². The van der Waals surface area contributed by atoms with Crippen LogP contribution >= 0.6 is 23.2 Å². The number of amides is 1.